The number of aryl methyl sites for hydroxylation is 1. The maximum atomic E-state index is 11.8. The van der Waals surface area contributed by atoms with Crippen LogP contribution in [0.25, 0.3) is 0 Å². The first kappa shape index (κ1) is 13.5. The quantitative estimate of drug-likeness (QED) is 0.849. The van der Waals surface area contributed by atoms with Crippen LogP contribution in [0.15, 0.2) is 42.5 Å². The van der Waals surface area contributed by atoms with E-state index in [1.807, 2.05) is 30.3 Å². The van der Waals surface area contributed by atoms with Gasteiger partial charge in [0.25, 0.3) is 0 Å². The lowest BCUT2D eigenvalue weighted by Gasteiger charge is -2.17. The smallest absolute Gasteiger partial charge is 0.339 e. The first-order valence-electron chi connectivity index (χ1n) is 6.94. The van der Waals surface area contributed by atoms with Gasteiger partial charge in [-0.1, -0.05) is 18.2 Å². The molecule has 4 nitrogen and oxygen atoms in total. The highest BCUT2D eigenvalue weighted by Gasteiger charge is 2.24. The van der Waals surface area contributed by atoms with E-state index in [-0.39, 0.29) is 12.0 Å². The third-order valence-corrected chi connectivity index (χ3v) is 3.87. The van der Waals surface area contributed by atoms with E-state index in [1.165, 1.54) is 12.7 Å². The number of phenolic OH excluding ortho intramolecular Hbond substituents is 1. The summed E-state index contributed by atoms with van der Waals surface area (Å²) in [5.41, 5.74) is 3.64. The van der Waals surface area contributed by atoms with Crippen LogP contribution in [0.5, 0.6) is 5.75 Å². The highest BCUT2D eigenvalue weighted by Crippen LogP contribution is 2.36. The van der Waals surface area contributed by atoms with Crippen LogP contribution in [0.4, 0.5) is 5.69 Å². The van der Waals surface area contributed by atoms with E-state index in [2.05, 4.69) is 5.32 Å². The van der Waals surface area contributed by atoms with Crippen molar-refractivity contribution in [2.75, 3.05) is 12.4 Å². The summed E-state index contributed by atoms with van der Waals surface area (Å²) in [5.74, 6) is -0.0496. The molecule has 2 aromatic rings. The number of para-hydroxylation sites is 1. The van der Waals surface area contributed by atoms with E-state index in [9.17, 15) is 9.90 Å². The fourth-order valence-electron chi connectivity index (χ4n) is 2.84. The lowest BCUT2D eigenvalue weighted by molar-refractivity contribution is 0.0602. The molecule has 2 N–H and O–H groups in total. The number of phenols is 1. The van der Waals surface area contributed by atoms with Crippen molar-refractivity contribution in [1.82, 2.24) is 0 Å². The Balaban J connectivity index is 1.88. The van der Waals surface area contributed by atoms with Crippen molar-refractivity contribution in [3.05, 3.63) is 59.2 Å². The van der Waals surface area contributed by atoms with Gasteiger partial charge >= 0.3 is 5.97 Å². The van der Waals surface area contributed by atoms with Gasteiger partial charge in [0, 0.05) is 5.69 Å². The zero-order valence-electron chi connectivity index (χ0n) is 11.8. The molecule has 3 rings (SSSR count). The third-order valence-electron chi connectivity index (χ3n) is 3.87. The Kier molecular flexibility index (Phi) is 3.52. The van der Waals surface area contributed by atoms with Crippen molar-refractivity contribution >= 4 is 11.7 Å². The van der Waals surface area contributed by atoms with Gasteiger partial charge in [0.1, 0.15) is 5.75 Å². The molecule has 1 aliphatic rings. The van der Waals surface area contributed by atoms with Crippen LogP contribution in [-0.4, -0.2) is 18.2 Å². The van der Waals surface area contributed by atoms with Crippen molar-refractivity contribution in [3.63, 3.8) is 0 Å². The number of nitrogens with one attached hydrogen (secondary N) is 1. The number of carbonyl (C=O) groups is 1. The van der Waals surface area contributed by atoms with Crippen molar-refractivity contribution in [3.8, 4) is 5.75 Å². The molecule has 0 saturated carbocycles. The Morgan fingerprint density at radius 3 is 2.90 bits per heavy atom. The molecule has 0 heterocycles. The van der Waals surface area contributed by atoms with E-state index in [0.29, 0.717) is 11.3 Å². The number of rotatable bonds is 3. The van der Waals surface area contributed by atoms with Crippen LogP contribution in [0.1, 0.15) is 33.9 Å². The monoisotopic (exact) mass is 283 g/mol. The first-order valence-corrected chi connectivity index (χ1v) is 6.94. The summed E-state index contributed by atoms with van der Waals surface area (Å²) in [6.45, 7) is 0. The van der Waals surface area contributed by atoms with Gasteiger partial charge in [-0.2, -0.15) is 0 Å². The maximum absolute atomic E-state index is 11.8. The largest absolute Gasteiger partial charge is 0.508 e. The number of anilines is 1. The summed E-state index contributed by atoms with van der Waals surface area (Å²) in [4.78, 5) is 11.8. The van der Waals surface area contributed by atoms with E-state index in [1.54, 1.807) is 12.1 Å². The molecular formula is C17H17NO3. The molecule has 0 radical (unpaired) electrons. The van der Waals surface area contributed by atoms with Gasteiger partial charge < -0.3 is 15.2 Å². The highest BCUT2D eigenvalue weighted by molar-refractivity contribution is 5.95. The minimum Gasteiger partial charge on any atom is -0.508 e. The van der Waals surface area contributed by atoms with Gasteiger partial charge in [-0.05, 0) is 48.2 Å². The predicted molar refractivity (Wildman–Crippen MR) is 80.6 cm³/mol. The van der Waals surface area contributed by atoms with Crippen molar-refractivity contribution < 1.29 is 14.6 Å². The standard InChI is InChI=1S/C17H17NO3/c1-21-17(20)14-4-2-3-5-15(14)18-16-9-6-11-10-12(19)7-8-13(11)16/h2-5,7-8,10,16,18-19H,6,9H2,1H3. The molecule has 4 heteroatoms. The molecule has 1 atom stereocenters. The predicted octanol–water partition coefficient (Wildman–Crippen LogP) is 3.28. The Bertz CT molecular complexity index is 681. The molecule has 1 unspecified atom stereocenters. The number of benzene rings is 2. The molecule has 0 saturated heterocycles. The van der Waals surface area contributed by atoms with Crippen LogP contribution < -0.4 is 5.32 Å². The van der Waals surface area contributed by atoms with Gasteiger partial charge in [-0.3, -0.25) is 0 Å². The highest BCUT2D eigenvalue weighted by atomic mass is 16.5. The van der Waals surface area contributed by atoms with Crippen LogP contribution in [0, 0.1) is 0 Å². The summed E-state index contributed by atoms with van der Waals surface area (Å²) in [6, 6.07) is 12.9. The number of carbonyl (C=O) groups excluding carboxylic acids is 1. The molecule has 2 aromatic carbocycles. The van der Waals surface area contributed by atoms with Gasteiger partial charge in [0.2, 0.25) is 0 Å². The number of fused-ring (bicyclic) bond motifs is 1. The summed E-state index contributed by atoms with van der Waals surface area (Å²) >= 11 is 0. The summed E-state index contributed by atoms with van der Waals surface area (Å²) in [7, 11) is 1.38. The number of aromatic hydroxyl groups is 1. The molecule has 0 aromatic heterocycles. The maximum Gasteiger partial charge on any atom is 0.339 e. The van der Waals surface area contributed by atoms with E-state index in [0.717, 1.165) is 24.1 Å². The Hall–Kier alpha value is -2.49. The first-order chi connectivity index (χ1) is 10.2. The Morgan fingerprint density at radius 1 is 1.29 bits per heavy atom. The van der Waals surface area contributed by atoms with Gasteiger partial charge in [0.15, 0.2) is 0 Å². The van der Waals surface area contributed by atoms with Crippen LogP contribution in [0.3, 0.4) is 0 Å². The molecular weight excluding hydrogens is 266 g/mol. The second-order valence-electron chi connectivity index (χ2n) is 5.16. The fourth-order valence-corrected chi connectivity index (χ4v) is 2.84. The number of hydrogen-bond acceptors (Lipinski definition) is 4. The Labute approximate surface area is 123 Å². The molecule has 0 aliphatic heterocycles. The molecule has 0 fully saturated rings. The Morgan fingerprint density at radius 2 is 2.10 bits per heavy atom. The van der Waals surface area contributed by atoms with Crippen molar-refractivity contribution in [2.45, 2.75) is 18.9 Å². The van der Waals surface area contributed by atoms with Gasteiger partial charge in [0.05, 0.1) is 18.7 Å². The second kappa shape index (κ2) is 5.48. The summed E-state index contributed by atoms with van der Waals surface area (Å²) < 4.78 is 4.81. The van der Waals surface area contributed by atoms with Gasteiger partial charge in [-0.25, -0.2) is 4.79 Å². The topological polar surface area (TPSA) is 58.6 Å². The lowest BCUT2D eigenvalue weighted by Crippen LogP contribution is -2.12. The summed E-state index contributed by atoms with van der Waals surface area (Å²) in [6.07, 6.45) is 1.86. The van der Waals surface area contributed by atoms with E-state index in [4.69, 9.17) is 4.74 Å². The molecule has 0 bridgehead atoms. The lowest BCUT2D eigenvalue weighted by atomic mass is 10.1. The minimum atomic E-state index is -0.345. The molecule has 1 aliphatic carbocycles. The third kappa shape index (κ3) is 2.57. The number of esters is 1. The number of hydrogen-bond donors (Lipinski definition) is 2. The van der Waals surface area contributed by atoms with Crippen LogP contribution in [0.2, 0.25) is 0 Å². The van der Waals surface area contributed by atoms with E-state index < -0.39 is 0 Å². The minimum absolute atomic E-state index is 0.145. The fraction of sp³-hybridized carbons (Fsp3) is 0.235. The van der Waals surface area contributed by atoms with Crippen LogP contribution in [-0.2, 0) is 11.2 Å². The average Bonchev–Trinajstić information content (AvgIpc) is 2.89. The zero-order valence-corrected chi connectivity index (χ0v) is 11.8. The van der Waals surface area contributed by atoms with Gasteiger partial charge in [-0.15, -0.1) is 0 Å². The SMILES string of the molecule is COC(=O)c1ccccc1NC1CCc2cc(O)ccc21. The van der Waals surface area contributed by atoms with Crippen LogP contribution >= 0.6 is 0 Å². The number of ether oxygens (including phenoxy) is 1. The summed E-state index contributed by atoms with van der Waals surface area (Å²) in [5, 5.41) is 13.0. The zero-order chi connectivity index (χ0) is 14.8. The molecule has 21 heavy (non-hydrogen) atoms. The number of methoxy groups -OCH3 is 1. The van der Waals surface area contributed by atoms with Crippen molar-refractivity contribution in [2.24, 2.45) is 0 Å². The second-order valence-corrected chi connectivity index (χ2v) is 5.16. The molecule has 0 amide bonds. The van der Waals surface area contributed by atoms with E-state index >= 15 is 0 Å². The molecule has 0 spiro atoms. The van der Waals surface area contributed by atoms with Crippen molar-refractivity contribution in [1.29, 1.82) is 0 Å². The average molecular weight is 283 g/mol. The molecule has 108 valence electrons. The normalized spacial score (nSPS) is 16.3.